The monoisotopic (exact) mass is 410 g/mol. The second-order valence-corrected chi connectivity index (χ2v) is 7.85. The summed E-state index contributed by atoms with van der Waals surface area (Å²) in [7, 11) is 0. The van der Waals surface area contributed by atoms with Crippen LogP contribution in [0.1, 0.15) is 31.2 Å². The van der Waals surface area contributed by atoms with Crippen LogP contribution in [0.25, 0.3) is 11.3 Å². The molecule has 8 heteroatoms. The highest BCUT2D eigenvalue weighted by atomic mass is 35.5. The molecular formula is C19H24Cl2N4O2. The number of aromatic nitrogens is 2. The van der Waals surface area contributed by atoms with E-state index in [1.165, 1.54) is 0 Å². The summed E-state index contributed by atoms with van der Waals surface area (Å²) in [6.07, 6.45) is 1.08. The van der Waals surface area contributed by atoms with Gasteiger partial charge in [-0.2, -0.15) is 0 Å². The molecule has 27 heavy (non-hydrogen) atoms. The Morgan fingerprint density at radius 1 is 1.26 bits per heavy atom. The number of benzene rings is 1. The summed E-state index contributed by atoms with van der Waals surface area (Å²) < 4.78 is 0. The third-order valence-electron chi connectivity index (χ3n) is 5.25. The zero-order chi connectivity index (χ0) is 19.8. The van der Waals surface area contributed by atoms with Crippen LogP contribution in [0.4, 0.5) is 5.82 Å². The van der Waals surface area contributed by atoms with Crippen molar-refractivity contribution in [2.45, 2.75) is 44.9 Å². The number of nitrogens with zero attached hydrogens (tertiary/aromatic N) is 3. The molecule has 1 aromatic carbocycles. The fourth-order valence-electron chi connectivity index (χ4n) is 3.40. The van der Waals surface area contributed by atoms with Gasteiger partial charge in [0.2, 0.25) is 0 Å². The molecule has 0 amide bonds. The number of aliphatic hydroxyl groups excluding tert-OH is 1. The van der Waals surface area contributed by atoms with Crippen molar-refractivity contribution in [1.82, 2.24) is 9.97 Å². The fraction of sp³-hybridized carbons (Fsp3) is 0.474. The molecule has 0 spiro atoms. The minimum absolute atomic E-state index is 0.248. The van der Waals surface area contributed by atoms with Gasteiger partial charge < -0.3 is 20.8 Å². The van der Waals surface area contributed by atoms with Crippen LogP contribution >= 0.6 is 23.2 Å². The highest BCUT2D eigenvalue weighted by Crippen LogP contribution is 2.35. The SMILES string of the molecule is Cc1nc(N2CCC(O)([C@H](C)N)CC2)c(CO)nc1-c1cccc(Cl)c1Cl. The summed E-state index contributed by atoms with van der Waals surface area (Å²) in [5, 5.41) is 21.3. The largest absolute Gasteiger partial charge is 0.390 e. The van der Waals surface area contributed by atoms with Gasteiger partial charge in [0, 0.05) is 24.7 Å². The van der Waals surface area contributed by atoms with Gasteiger partial charge in [-0.3, -0.25) is 0 Å². The van der Waals surface area contributed by atoms with E-state index in [1.807, 2.05) is 24.8 Å². The van der Waals surface area contributed by atoms with Gasteiger partial charge in [-0.1, -0.05) is 35.3 Å². The Bertz CT molecular complexity index is 837. The average Bonchev–Trinajstić information content (AvgIpc) is 2.64. The van der Waals surface area contributed by atoms with Crippen LogP contribution in [0, 0.1) is 6.92 Å². The van der Waals surface area contributed by atoms with E-state index in [4.69, 9.17) is 33.9 Å². The molecule has 1 aliphatic heterocycles. The number of rotatable bonds is 4. The van der Waals surface area contributed by atoms with Crippen molar-refractivity contribution >= 4 is 29.0 Å². The quantitative estimate of drug-likeness (QED) is 0.716. The van der Waals surface area contributed by atoms with Crippen LogP contribution in [0.2, 0.25) is 10.0 Å². The Hall–Kier alpha value is -1.44. The lowest BCUT2D eigenvalue weighted by molar-refractivity contribution is -0.00324. The Morgan fingerprint density at radius 2 is 1.93 bits per heavy atom. The molecule has 0 aliphatic carbocycles. The van der Waals surface area contributed by atoms with Gasteiger partial charge in [-0.15, -0.1) is 0 Å². The van der Waals surface area contributed by atoms with Gasteiger partial charge in [0.05, 0.1) is 33.6 Å². The summed E-state index contributed by atoms with van der Waals surface area (Å²) >= 11 is 12.5. The predicted octanol–water partition coefficient (Wildman–Crippen LogP) is 2.93. The zero-order valence-electron chi connectivity index (χ0n) is 15.4. The van der Waals surface area contributed by atoms with E-state index in [0.717, 1.165) is 0 Å². The standard InChI is InChI=1S/C19H24Cl2N4O2/c1-11-17(13-4-3-5-14(20)16(13)21)24-15(10-26)18(23-11)25-8-6-19(27,7-9-25)12(2)22/h3-5,12,26-27H,6-10,22H2,1-2H3/t12-/m0/s1. The molecule has 2 heterocycles. The van der Waals surface area contributed by atoms with E-state index < -0.39 is 5.60 Å². The number of hydrogen-bond acceptors (Lipinski definition) is 6. The highest BCUT2D eigenvalue weighted by Gasteiger charge is 2.36. The van der Waals surface area contributed by atoms with Crippen molar-refractivity contribution in [3.05, 3.63) is 39.6 Å². The molecule has 1 aliphatic rings. The second-order valence-electron chi connectivity index (χ2n) is 7.07. The van der Waals surface area contributed by atoms with Crippen LogP contribution in [0.15, 0.2) is 18.2 Å². The summed E-state index contributed by atoms with van der Waals surface area (Å²) in [6, 6.07) is 5.05. The molecule has 1 fully saturated rings. The first kappa shape index (κ1) is 20.3. The minimum Gasteiger partial charge on any atom is -0.390 e. The minimum atomic E-state index is -0.868. The second kappa shape index (κ2) is 7.89. The molecule has 1 atom stereocenters. The molecule has 0 radical (unpaired) electrons. The Balaban J connectivity index is 1.95. The Labute approximate surface area is 169 Å². The first-order valence-corrected chi connectivity index (χ1v) is 9.68. The molecule has 2 aromatic rings. The number of halogens is 2. The first-order chi connectivity index (χ1) is 12.8. The fourth-order valence-corrected chi connectivity index (χ4v) is 3.79. The summed E-state index contributed by atoms with van der Waals surface area (Å²) in [5.41, 5.74) is 7.49. The average molecular weight is 411 g/mol. The van der Waals surface area contributed by atoms with Gasteiger partial charge in [0.1, 0.15) is 5.69 Å². The molecule has 0 saturated carbocycles. The lowest BCUT2D eigenvalue weighted by Crippen LogP contribution is -2.54. The molecule has 4 N–H and O–H groups in total. The third kappa shape index (κ3) is 3.91. The number of aryl methyl sites for hydroxylation is 1. The lowest BCUT2D eigenvalue weighted by Gasteiger charge is -2.41. The van der Waals surface area contributed by atoms with Crippen LogP contribution in [0.3, 0.4) is 0 Å². The molecule has 3 rings (SSSR count). The van der Waals surface area contributed by atoms with E-state index >= 15 is 0 Å². The van der Waals surface area contributed by atoms with E-state index in [1.54, 1.807) is 12.1 Å². The highest BCUT2D eigenvalue weighted by molar-refractivity contribution is 6.43. The summed E-state index contributed by atoms with van der Waals surface area (Å²) in [6.45, 7) is 4.61. The van der Waals surface area contributed by atoms with Crippen LogP contribution < -0.4 is 10.6 Å². The molecular weight excluding hydrogens is 387 g/mol. The Kier molecular flexibility index (Phi) is 5.93. The van der Waals surface area contributed by atoms with Gasteiger partial charge in [0.25, 0.3) is 0 Å². The molecule has 1 saturated heterocycles. The van der Waals surface area contributed by atoms with Gasteiger partial charge in [-0.25, -0.2) is 9.97 Å². The van der Waals surface area contributed by atoms with Crippen LogP contribution in [0.5, 0.6) is 0 Å². The first-order valence-electron chi connectivity index (χ1n) is 8.92. The van der Waals surface area contributed by atoms with Gasteiger partial charge in [-0.05, 0) is 32.8 Å². The number of hydrogen-bond donors (Lipinski definition) is 3. The predicted molar refractivity (Wildman–Crippen MR) is 108 cm³/mol. The maximum absolute atomic E-state index is 10.6. The van der Waals surface area contributed by atoms with E-state index in [0.29, 0.717) is 64.4 Å². The smallest absolute Gasteiger partial charge is 0.153 e. The van der Waals surface area contributed by atoms with E-state index in [-0.39, 0.29) is 12.6 Å². The van der Waals surface area contributed by atoms with Crippen molar-refractivity contribution in [2.75, 3.05) is 18.0 Å². The number of piperidine rings is 1. The van der Waals surface area contributed by atoms with Crippen LogP contribution in [-0.2, 0) is 6.61 Å². The number of anilines is 1. The van der Waals surface area contributed by atoms with Gasteiger partial charge >= 0.3 is 0 Å². The normalized spacial score (nSPS) is 17.8. The lowest BCUT2D eigenvalue weighted by atomic mass is 9.85. The van der Waals surface area contributed by atoms with Gasteiger partial charge in [0.15, 0.2) is 5.82 Å². The molecule has 1 aromatic heterocycles. The number of nitrogens with two attached hydrogens (primary N) is 1. The van der Waals surface area contributed by atoms with E-state index in [2.05, 4.69) is 4.98 Å². The molecule has 0 unspecified atom stereocenters. The zero-order valence-corrected chi connectivity index (χ0v) is 16.9. The van der Waals surface area contributed by atoms with E-state index in [9.17, 15) is 10.2 Å². The topological polar surface area (TPSA) is 95.5 Å². The molecule has 6 nitrogen and oxygen atoms in total. The van der Waals surface area contributed by atoms with Crippen LogP contribution in [-0.4, -0.2) is 44.9 Å². The van der Waals surface area contributed by atoms with Crippen molar-refractivity contribution < 1.29 is 10.2 Å². The van der Waals surface area contributed by atoms with Crippen molar-refractivity contribution in [1.29, 1.82) is 0 Å². The van der Waals surface area contributed by atoms with Crippen molar-refractivity contribution in [3.8, 4) is 11.3 Å². The maximum atomic E-state index is 10.6. The summed E-state index contributed by atoms with van der Waals surface area (Å²) in [4.78, 5) is 11.4. The maximum Gasteiger partial charge on any atom is 0.153 e. The number of aliphatic hydroxyl groups is 2. The van der Waals surface area contributed by atoms with Crippen molar-refractivity contribution in [2.24, 2.45) is 5.73 Å². The van der Waals surface area contributed by atoms with Crippen molar-refractivity contribution in [3.63, 3.8) is 0 Å². The Morgan fingerprint density at radius 3 is 2.52 bits per heavy atom. The third-order valence-corrected chi connectivity index (χ3v) is 6.07. The molecule has 146 valence electrons. The summed E-state index contributed by atoms with van der Waals surface area (Å²) in [5.74, 6) is 0.628. The molecule has 0 bridgehead atoms.